The van der Waals surface area contributed by atoms with E-state index < -0.39 is 0 Å². The van der Waals surface area contributed by atoms with Crippen molar-refractivity contribution in [2.45, 2.75) is 13.3 Å². The minimum Gasteiger partial charge on any atom is -0.395 e. The molecule has 0 aromatic heterocycles. The minimum absolute atomic E-state index is 0.212. The van der Waals surface area contributed by atoms with Crippen LogP contribution in [0.5, 0.6) is 0 Å². The molecule has 2 amide bonds. The van der Waals surface area contributed by atoms with Gasteiger partial charge in [-0.1, -0.05) is 17.3 Å². The molecule has 2 aliphatic heterocycles. The van der Waals surface area contributed by atoms with E-state index in [1.807, 2.05) is 6.92 Å². The second kappa shape index (κ2) is 5.00. The summed E-state index contributed by atoms with van der Waals surface area (Å²) < 4.78 is 0. The third-order valence-corrected chi connectivity index (χ3v) is 2.77. The highest BCUT2D eigenvalue weighted by Gasteiger charge is 2.31. The fourth-order valence-electron chi connectivity index (χ4n) is 1.70. The molecular weight excluding hydrogens is 232 g/mol. The van der Waals surface area contributed by atoms with Crippen LogP contribution in [0.2, 0.25) is 0 Å². The molecule has 0 saturated carbocycles. The van der Waals surface area contributed by atoms with Crippen LogP contribution in [0.15, 0.2) is 29.4 Å². The average molecular weight is 246 g/mol. The van der Waals surface area contributed by atoms with Crippen LogP contribution in [-0.2, 0) is 4.84 Å². The van der Waals surface area contributed by atoms with Crippen LogP contribution >= 0.6 is 0 Å². The summed E-state index contributed by atoms with van der Waals surface area (Å²) in [7, 11) is 1.49. The number of hydrogen-bond acceptors (Lipinski definition) is 4. The number of imide groups is 1. The van der Waals surface area contributed by atoms with Crippen LogP contribution in [0.4, 0.5) is 0 Å². The molecule has 3 rings (SSSR count). The van der Waals surface area contributed by atoms with E-state index in [-0.39, 0.29) is 11.8 Å². The lowest BCUT2D eigenvalue weighted by molar-refractivity contribution is 0.0693. The van der Waals surface area contributed by atoms with Gasteiger partial charge >= 0.3 is 0 Å². The molecule has 0 fully saturated rings. The number of fused-ring (bicyclic) bond motifs is 1. The first-order valence-corrected chi connectivity index (χ1v) is 5.68. The molecule has 1 aromatic carbocycles. The molecule has 0 radical (unpaired) electrons. The number of carbonyl (C=O) groups excluding carboxylic acids is 2. The lowest BCUT2D eigenvalue weighted by Crippen LogP contribution is -2.24. The molecule has 0 aliphatic carbocycles. The zero-order valence-electron chi connectivity index (χ0n) is 10.3. The van der Waals surface area contributed by atoms with Crippen LogP contribution < -0.4 is 0 Å². The van der Waals surface area contributed by atoms with Crippen LogP contribution in [0.25, 0.3) is 0 Å². The first-order chi connectivity index (χ1) is 8.61. The van der Waals surface area contributed by atoms with Gasteiger partial charge in [0.15, 0.2) is 0 Å². The Labute approximate surface area is 105 Å². The standard InChI is InChI=1S/C9H7NO2.C4H7NO/c1-10-8(11)6-4-2-3-5-7(6)9(10)12;1-4-2-3-6-5-4/h2-5H,1H3;2-3H2,1H3. The van der Waals surface area contributed by atoms with Gasteiger partial charge in [-0.05, 0) is 19.1 Å². The third-order valence-electron chi connectivity index (χ3n) is 2.77. The lowest BCUT2D eigenvalue weighted by Gasteiger charge is -2.02. The van der Waals surface area contributed by atoms with E-state index in [0.29, 0.717) is 11.1 Å². The van der Waals surface area contributed by atoms with Crippen LogP contribution in [-0.4, -0.2) is 36.1 Å². The fourth-order valence-corrected chi connectivity index (χ4v) is 1.70. The van der Waals surface area contributed by atoms with Gasteiger partial charge in [-0.25, -0.2) is 0 Å². The van der Waals surface area contributed by atoms with Gasteiger partial charge in [0.25, 0.3) is 11.8 Å². The van der Waals surface area contributed by atoms with Gasteiger partial charge in [-0.2, -0.15) is 0 Å². The van der Waals surface area contributed by atoms with Crippen molar-refractivity contribution in [3.05, 3.63) is 35.4 Å². The number of rotatable bonds is 0. The molecule has 0 spiro atoms. The highest BCUT2D eigenvalue weighted by molar-refractivity contribution is 6.21. The van der Waals surface area contributed by atoms with E-state index in [0.717, 1.165) is 23.6 Å². The van der Waals surface area contributed by atoms with Gasteiger partial charge < -0.3 is 4.84 Å². The van der Waals surface area contributed by atoms with Crippen molar-refractivity contribution in [1.29, 1.82) is 0 Å². The molecule has 0 atom stereocenters. The molecule has 94 valence electrons. The molecule has 0 unspecified atom stereocenters. The summed E-state index contributed by atoms with van der Waals surface area (Å²) in [5.74, 6) is -0.425. The molecule has 2 aliphatic rings. The molecule has 0 saturated heterocycles. The number of hydrogen-bond donors (Lipinski definition) is 0. The van der Waals surface area contributed by atoms with E-state index in [4.69, 9.17) is 0 Å². The Bertz CT molecular complexity index is 488. The summed E-state index contributed by atoms with van der Waals surface area (Å²) in [4.78, 5) is 28.4. The second-order valence-electron chi connectivity index (χ2n) is 4.12. The number of nitrogens with zero attached hydrogens (tertiary/aromatic N) is 2. The van der Waals surface area contributed by atoms with Crippen molar-refractivity contribution >= 4 is 17.5 Å². The van der Waals surface area contributed by atoms with E-state index in [1.165, 1.54) is 7.05 Å². The van der Waals surface area contributed by atoms with Crippen LogP contribution in [0.1, 0.15) is 34.1 Å². The number of amides is 2. The Hall–Kier alpha value is -2.17. The first-order valence-electron chi connectivity index (χ1n) is 5.68. The molecule has 0 bridgehead atoms. The smallest absolute Gasteiger partial charge is 0.261 e. The third kappa shape index (κ3) is 2.25. The zero-order valence-corrected chi connectivity index (χ0v) is 10.3. The summed E-state index contributed by atoms with van der Waals surface area (Å²) in [5.41, 5.74) is 2.12. The molecule has 18 heavy (non-hydrogen) atoms. The van der Waals surface area contributed by atoms with E-state index in [9.17, 15) is 9.59 Å². The Morgan fingerprint density at radius 1 is 1.17 bits per heavy atom. The molecule has 5 nitrogen and oxygen atoms in total. The zero-order chi connectivity index (χ0) is 13.1. The van der Waals surface area contributed by atoms with E-state index in [2.05, 4.69) is 9.99 Å². The van der Waals surface area contributed by atoms with Crippen molar-refractivity contribution in [3.8, 4) is 0 Å². The summed E-state index contributed by atoms with van der Waals surface area (Å²) in [5, 5.41) is 3.65. The van der Waals surface area contributed by atoms with Crippen molar-refractivity contribution in [2.75, 3.05) is 13.7 Å². The minimum atomic E-state index is -0.212. The highest BCUT2D eigenvalue weighted by atomic mass is 16.6. The molecule has 1 aromatic rings. The quantitative estimate of drug-likeness (QED) is 0.654. The summed E-state index contributed by atoms with van der Waals surface area (Å²) in [6, 6.07) is 6.84. The fraction of sp³-hybridized carbons (Fsp3) is 0.308. The molecule has 5 heteroatoms. The van der Waals surface area contributed by atoms with Crippen molar-refractivity contribution in [2.24, 2.45) is 5.16 Å². The normalized spacial score (nSPS) is 16.8. The predicted octanol–water partition coefficient (Wildman–Crippen LogP) is 1.70. The van der Waals surface area contributed by atoms with Gasteiger partial charge in [0.2, 0.25) is 0 Å². The monoisotopic (exact) mass is 246 g/mol. The highest BCUT2D eigenvalue weighted by Crippen LogP contribution is 2.20. The maximum absolute atomic E-state index is 11.3. The van der Waals surface area contributed by atoms with Crippen LogP contribution in [0, 0.1) is 0 Å². The van der Waals surface area contributed by atoms with Gasteiger partial charge in [-0.15, -0.1) is 0 Å². The SMILES string of the molecule is CC1=NOCC1.CN1C(=O)c2ccccc2C1=O. The van der Waals surface area contributed by atoms with Gasteiger partial charge in [-0.3, -0.25) is 14.5 Å². The topological polar surface area (TPSA) is 59.0 Å². The van der Waals surface area contributed by atoms with E-state index >= 15 is 0 Å². The Morgan fingerprint density at radius 3 is 2.06 bits per heavy atom. The molecule has 0 N–H and O–H groups in total. The van der Waals surface area contributed by atoms with Crippen molar-refractivity contribution < 1.29 is 14.4 Å². The second-order valence-corrected chi connectivity index (χ2v) is 4.12. The number of benzene rings is 1. The number of carbonyl (C=O) groups is 2. The van der Waals surface area contributed by atoms with Crippen molar-refractivity contribution in [1.82, 2.24) is 4.90 Å². The largest absolute Gasteiger partial charge is 0.395 e. The van der Waals surface area contributed by atoms with Crippen molar-refractivity contribution in [3.63, 3.8) is 0 Å². The summed E-state index contributed by atoms with van der Waals surface area (Å²) in [6.07, 6.45) is 1.01. The maximum atomic E-state index is 11.3. The van der Waals surface area contributed by atoms with Gasteiger partial charge in [0.1, 0.15) is 6.61 Å². The Morgan fingerprint density at radius 2 is 1.72 bits per heavy atom. The Kier molecular flexibility index (Phi) is 3.41. The number of oxime groups is 1. The summed E-state index contributed by atoms with van der Waals surface area (Å²) in [6.45, 7) is 2.75. The summed E-state index contributed by atoms with van der Waals surface area (Å²) >= 11 is 0. The van der Waals surface area contributed by atoms with Gasteiger partial charge in [0.05, 0.1) is 16.8 Å². The van der Waals surface area contributed by atoms with E-state index in [1.54, 1.807) is 24.3 Å². The molecule has 2 heterocycles. The lowest BCUT2D eigenvalue weighted by atomic mass is 10.1. The predicted molar refractivity (Wildman–Crippen MR) is 66.5 cm³/mol. The first kappa shape index (κ1) is 12.3. The Balaban J connectivity index is 0.000000169. The van der Waals surface area contributed by atoms with Crippen LogP contribution in [0.3, 0.4) is 0 Å². The molecular formula is C13H14N2O3. The average Bonchev–Trinajstić information content (AvgIpc) is 2.94. The van der Waals surface area contributed by atoms with Gasteiger partial charge in [0, 0.05) is 13.5 Å². The maximum Gasteiger partial charge on any atom is 0.261 e.